The second-order valence-corrected chi connectivity index (χ2v) is 9.08. The summed E-state index contributed by atoms with van der Waals surface area (Å²) in [6.45, 7) is 0.285. The van der Waals surface area contributed by atoms with Crippen molar-refractivity contribution in [3.8, 4) is 5.69 Å². The Morgan fingerprint density at radius 2 is 1.82 bits per heavy atom. The van der Waals surface area contributed by atoms with Crippen molar-refractivity contribution in [2.75, 3.05) is 0 Å². The zero-order valence-corrected chi connectivity index (χ0v) is 20.0. The third kappa shape index (κ3) is 4.22. The highest BCUT2D eigenvalue weighted by molar-refractivity contribution is 6.40. The molecular formula is C22H16Cl4N6O. The molecule has 4 aromatic rings. The number of carbonyl (C=O) groups excluding carboxylic acids is 1. The average Bonchev–Trinajstić information content (AvgIpc) is 3.34. The van der Waals surface area contributed by atoms with Crippen LogP contribution in [0.1, 0.15) is 40.0 Å². The number of imidazole rings is 1. The molecule has 0 unspecified atom stereocenters. The maximum absolute atomic E-state index is 13.0. The second kappa shape index (κ2) is 8.99. The van der Waals surface area contributed by atoms with Gasteiger partial charge >= 0.3 is 0 Å². The molecule has 1 aliphatic heterocycles. The molecule has 0 spiro atoms. The Bertz CT molecular complexity index is 1340. The van der Waals surface area contributed by atoms with Crippen LogP contribution in [-0.4, -0.2) is 30.2 Å². The molecule has 11 heteroatoms. The minimum atomic E-state index is -0.434. The van der Waals surface area contributed by atoms with Crippen LogP contribution in [0.3, 0.4) is 0 Å². The molecule has 7 nitrogen and oxygen atoms in total. The molecule has 0 saturated carbocycles. The van der Waals surface area contributed by atoms with Gasteiger partial charge in [0.05, 0.1) is 18.3 Å². The molecule has 0 bridgehead atoms. The number of aryl methyl sites for hydroxylation is 1. The first-order chi connectivity index (χ1) is 15.9. The van der Waals surface area contributed by atoms with Gasteiger partial charge in [0.15, 0.2) is 10.3 Å². The highest BCUT2D eigenvalue weighted by atomic mass is 35.5. The van der Waals surface area contributed by atoms with Crippen molar-refractivity contribution in [3.63, 3.8) is 0 Å². The summed E-state index contributed by atoms with van der Waals surface area (Å²) in [4.78, 5) is 21.6. The zero-order valence-electron chi connectivity index (χ0n) is 17.0. The number of nitrogens with zero attached hydrogens (tertiary/aromatic N) is 5. The van der Waals surface area contributed by atoms with E-state index in [1.807, 2.05) is 24.3 Å². The fourth-order valence-corrected chi connectivity index (χ4v) is 4.81. The molecule has 1 atom stereocenters. The van der Waals surface area contributed by atoms with E-state index in [1.165, 1.54) is 11.0 Å². The van der Waals surface area contributed by atoms with Crippen molar-refractivity contribution in [2.45, 2.75) is 25.4 Å². The smallest absolute Gasteiger partial charge is 0.291 e. The standard InChI is InChI=1S/C22H16Cl4N6O/c23-14-5-3-6-15(24)13(14)10-31-11-27-20(30-31)22(33)28-16-9-8-12-4-1-2-7-17(12)32-19(26)18(25)29-21(16)32/h1-7,11,16H,8-10H2,(H,28,33)/t16-/m1/s1. The van der Waals surface area contributed by atoms with Crippen LogP contribution < -0.4 is 5.32 Å². The van der Waals surface area contributed by atoms with Crippen molar-refractivity contribution >= 4 is 52.3 Å². The lowest BCUT2D eigenvalue weighted by Crippen LogP contribution is -2.31. The molecule has 2 aromatic carbocycles. The van der Waals surface area contributed by atoms with E-state index < -0.39 is 11.9 Å². The van der Waals surface area contributed by atoms with E-state index in [0.717, 1.165) is 17.7 Å². The number of hydrogen-bond donors (Lipinski definition) is 1. The number of benzene rings is 2. The van der Waals surface area contributed by atoms with E-state index in [0.29, 0.717) is 33.0 Å². The number of hydrogen-bond acceptors (Lipinski definition) is 4. The Morgan fingerprint density at radius 1 is 1.06 bits per heavy atom. The van der Waals surface area contributed by atoms with Crippen LogP contribution in [0.4, 0.5) is 0 Å². The van der Waals surface area contributed by atoms with Gasteiger partial charge in [0.1, 0.15) is 12.2 Å². The van der Waals surface area contributed by atoms with Gasteiger partial charge in [-0.3, -0.25) is 9.36 Å². The van der Waals surface area contributed by atoms with Crippen molar-refractivity contribution in [1.29, 1.82) is 0 Å². The number of para-hydroxylation sites is 1. The van der Waals surface area contributed by atoms with E-state index in [4.69, 9.17) is 46.4 Å². The summed E-state index contributed by atoms with van der Waals surface area (Å²) in [6.07, 6.45) is 2.81. The number of rotatable bonds is 4. The first kappa shape index (κ1) is 22.2. The zero-order chi connectivity index (χ0) is 23.1. The normalized spacial score (nSPS) is 15.0. The summed E-state index contributed by atoms with van der Waals surface area (Å²) in [5.41, 5.74) is 2.68. The summed E-state index contributed by atoms with van der Waals surface area (Å²) < 4.78 is 3.29. The minimum Gasteiger partial charge on any atom is -0.339 e. The van der Waals surface area contributed by atoms with Gasteiger partial charge in [-0.15, -0.1) is 5.10 Å². The van der Waals surface area contributed by atoms with Gasteiger partial charge in [-0.2, -0.15) is 0 Å². The first-order valence-corrected chi connectivity index (χ1v) is 11.6. The van der Waals surface area contributed by atoms with Crippen LogP contribution >= 0.6 is 46.4 Å². The molecule has 33 heavy (non-hydrogen) atoms. The molecule has 168 valence electrons. The molecule has 0 saturated heterocycles. The fraction of sp³-hybridized carbons (Fsp3) is 0.182. The second-order valence-electron chi connectivity index (χ2n) is 7.55. The fourth-order valence-electron chi connectivity index (χ4n) is 3.90. The number of carbonyl (C=O) groups is 1. The van der Waals surface area contributed by atoms with Crippen molar-refractivity contribution in [2.24, 2.45) is 0 Å². The van der Waals surface area contributed by atoms with Gasteiger partial charge in [0.25, 0.3) is 5.91 Å². The van der Waals surface area contributed by atoms with Gasteiger partial charge in [-0.1, -0.05) is 70.7 Å². The molecule has 0 aliphatic carbocycles. The Morgan fingerprint density at radius 3 is 2.61 bits per heavy atom. The lowest BCUT2D eigenvalue weighted by molar-refractivity contribution is 0.0922. The quantitative estimate of drug-likeness (QED) is 0.382. The van der Waals surface area contributed by atoms with Crippen LogP contribution in [0, 0.1) is 0 Å². The topological polar surface area (TPSA) is 77.6 Å². The summed E-state index contributed by atoms with van der Waals surface area (Å²) in [5.74, 6) is 0.151. The van der Waals surface area contributed by atoms with Crippen LogP contribution in [0.2, 0.25) is 20.4 Å². The molecule has 5 rings (SSSR count). The average molecular weight is 522 g/mol. The van der Waals surface area contributed by atoms with Crippen molar-refractivity contribution < 1.29 is 4.79 Å². The summed E-state index contributed by atoms with van der Waals surface area (Å²) in [6, 6.07) is 12.7. The van der Waals surface area contributed by atoms with Gasteiger partial charge in [0, 0.05) is 15.6 Å². The van der Waals surface area contributed by atoms with E-state index in [9.17, 15) is 4.79 Å². The van der Waals surface area contributed by atoms with Gasteiger partial charge < -0.3 is 5.32 Å². The van der Waals surface area contributed by atoms with Crippen LogP contribution in [0.25, 0.3) is 5.69 Å². The van der Waals surface area contributed by atoms with E-state index in [2.05, 4.69) is 20.4 Å². The first-order valence-electron chi connectivity index (χ1n) is 10.1. The SMILES string of the molecule is O=C(N[C@@H]1CCc2ccccc2-n2c1nc(Cl)c2Cl)c1ncn(Cc2c(Cl)cccc2Cl)n1. The van der Waals surface area contributed by atoms with E-state index in [-0.39, 0.29) is 17.5 Å². The Labute approximate surface area is 209 Å². The van der Waals surface area contributed by atoms with E-state index >= 15 is 0 Å². The summed E-state index contributed by atoms with van der Waals surface area (Å²) >= 11 is 25.2. The highest BCUT2D eigenvalue weighted by Crippen LogP contribution is 2.36. The number of fused-ring (bicyclic) bond motifs is 3. The number of halogens is 4. The Hall–Kier alpha value is -2.58. The largest absolute Gasteiger partial charge is 0.339 e. The molecule has 3 heterocycles. The maximum atomic E-state index is 13.0. The van der Waals surface area contributed by atoms with Crippen LogP contribution in [-0.2, 0) is 13.0 Å². The monoisotopic (exact) mass is 520 g/mol. The van der Waals surface area contributed by atoms with Crippen molar-refractivity contribution in [3.05, 3.63) is 91.9 Å². The van der Waals surface area contributed by atoms with Gasteiger partial charge in [-0.05, 0) is 36.6 Å². The Balaban J connectivity index is 1.39. The lowest BCUT2D eigenvalue weighted by Gasteiger charge is -2.16. The maximum Gasteiger partial charge on any atom is 0.291 e. The summed E-state index contributed by atoms with van der Waals surface area (Å²) in [5, 5.41) is 8.79. The molecule has 0 fully saturated rings. The van der Waals surface area contributed by atoms with Crippen molar-refractivity contribution in [1.82, 2.24) is 29.6 Å². The molecule has 2 aromatic heterocycles. The number of amides is 1. The molecule has 1 aliphatic rings. The lowest BCUT2D eigenvalue weighted by atomic mass is 10.1. The van der Waals surface area contributed by atoms with Gasteiger partial charge in [0.2, 0.25) is 5.82 Å². The molecule has 1 N–H and O–H groups in total. The number of nitrogens with one attached hydrogen (secondary N) is 1. The highest BCUT2D eigenvalue weighted by Gasteiger charge is 2.29. The molecule has 1 amide bonds. The summed E-state index contributed by atoms with van der Waals surface area (Å²) in [7, 11) is 0. The minimum absolute atomic E-state index is 0.0234. The van der Waals surface area contributed by atoms with Crippen LogP contribution in [0.15, 0.2) is 48.8 Å². The van der Waals surface area contributed by atoms with Gasteiger partial charge in [-0.25, -0.2) is 14.6 Å². The Kier molecular flexibility index (Phi) is 6.05. The van der Waals surface area contributed by atoms with E-state index in [1.54, 1.807) is 22.8 Å². The predicted octanol–water partition coefficient (Wildman–Crippen LogP) is 5.54. The molecule has 0 radical (unpaired) electrons. The third-order valence-electron chi connectivity index (χ3n) is 5.48. The predicted molar refractivity (Wildman–Crippen MR) is 128 cm³/mol. The number of aromatic nitrogens is 5. The molecular weight excluding hydrogens is 506 g/mol. The third-order valence-corrected chi connectivity index (χ3v) is 6.90. The van der Waals surface area contributed by atoms with Crippen LogP contribution in [0.5, 0.6) is 0 Å².